The molecule has 52 heavy (non-hydrogen) atoms. The minimum Gasteiger partial charge on any atom is -0.295 e. The predicted molar refractivity (Wildman–Crippen MR) is 209 cm³/mol. The van der Waals surface area contributed by atoms with Gasteiger partial charge in [-0.15, -0.1) is 0 Å². The molecule has 0 saturated carbocycles. The predicted octanol–water partition coefficient (Wildman–Crippen LogP) is 9.56. The first-order chi connectivity index (χ1) is 24.9. The van der Waals surface area contributed by atoms with Crippen molar-refractivity contribution in [2.45, 2.75) is 118 Å². The lowest BCUT2D eigenvalue weighted by Gasteiger charge is -2.37. The van der Waals surface area contributed by atoms with Gasteiger partial charge in [0.15, 0.2) is 0 Å². The standard InChI is InChI=1S/2C20H27ClFN3O/c2*1-4-7-18(24-9-6-8-13(3)12-24)19-23-17-11-16(22)15(21)10-14(17)20(26)25(19)5-2/h2*10-11,13,18H,4-9,12H2,1-3H3/t13-,18+;13-,18-/m11/s1. The van der Waals surface area contributed by atoms with Gasteiger partial charge in [-0.2, -0.15) is 0 Å². The number of halogens is 4. The summed E-state index contributed by atoms with van der Waals surface area (Å²) < 4.78 is 31.4. The maximum atomic E-state index is 14.0. The zero-order valence-electron chi connectivity index (χ0n) is 31.5. The van der Waals surface area contributed by atoms with Crippen LogP contribution < -0.4 is 11.1 Å². The second-order valence-electron chi connectivity index (χ2n) is 14.7. The third-order valence-electron chi connectivity index (χ3n) is 10.7. The van der Waals surface area contributed by atoms with Gasteiger partial charge in [0, 0.05) is 38.3 Å². The average Bonchev–Trinajstić information content (AvgIpc) is 3.11. The molecule has 0 unspecified atom stereocenters. The van der Waals surface area contributed by atoms with Crippen molar-refractivity contribution in [3.8, 4) is 0 Å². The Morgan fingerprint density at radius 2 is 1.08 bits per heavy atom. The topological polar surface area (TPSA) is 76.3 Å². The Kier molecular flexibility index (Phi) is 13.9. The number of aromatic nitrogens is 4. The summed E-state index contributed by atoms with van der Waals surface area (Å²) >= 11 is 11.8. The van der Waals surface area contributed by atoms with Gasteiger partial charge >= 0.3 is 0 Å². The molecule has 4 heterocycles. The molecule has 0 N–H and O–H groups in total. The number of rotatable bonds is 10. The first kappa shape index (κ1) is 40.3. The SMILES string of the molecule is CCC[C@@H](c1nc2cc(F)c(Cl)cc2c(=O)n1CC)N1CCC[C@@H](C)C1.CCC[C@H](c1nc2cc(F)c(Cl)cc2c(=O)n1CC)N1CCC[C@@H](C)C1. The summed E-state index contributed by atoms with van der Waals surface area (Å²) in [5, 5.41) is 0.678. The lowest BCUT2D eigenvalue weighted by molar-refractivity contribution is 0.115. The highest BCUT2D eigenvalue weighted by molar-refractivity contribution is 6.31. The molecule has 8 nitrogen and oxygen atoms in total. The molecular formula is C40H54Cl2F2N6O2. The molecule has 12 heteroatoms. The number of hydrogen-bond acceptors (Lipinski definition) is 6. The van der Waals surface area contributed by atoms with E-state index in [1.165, 1.54) is 37.1 Å². The van der Waals surface area contributed by atoms with Crippen LogP contribution in [0.4, 0.5) is 8.78 Å². The number of fused-ring (bicyclic) bond motifs is 2. The molecule has 0 amide bonds. The summed E-state index contributed by atoms with van der Waals surface area (Å²) in [6.45, 7) is 17.9. The fourth-order valence-corrected chi connectivity index (χ4v) is 8.43. The molecule has 2 fully saturated rings. The molecule has 2 saturated heterocycles. The van der Waals surface area contributed by atoms with E-state index in [0.717, 1.165) is 76.4 Å². The van der Waals surface area contributed by atoms with E-state index >= 15 is 0 Å². The maximum absolute atomic E-state index is 14.0. The third kappa shape index (κ3) is 8.72. The molecule has 0 radical (unpaired) electrons. The minimum atomic E-state index is -0.537. The molecule has 4 atom stereocenters. The molecule has 2 aromatic carbocycles. The monoisotopic (exact) mass is 758 g/mol. The van der Waals surface area contributed by atoms with E-state index in [1.54, 1.807) is 9.13 Å². The van der Waals surface area contributed by atoms with Gasteiger partial charge in [-0.1, -0.05) is 63.7 Å². The number of hydrogen-bond donors (Lipinski definition) is 0. The van der Waals surface area contributed by atoms with Gasteiger partial charge in [0.05, 0.1) is 43.9 Å². The third-order valence-corrected chi connectivity index (χ3v) is 11.2. The molecule has 2 aliphatic rings. The summed E-state index contributed by atoms with van der Waals surface area (Å²) in [7, 11) is 0. The van der Waals surface area contributed by atoms with E-state index < -0.39 is 11.6 Å². The molecule has 4 aromatic rings. The van der Waals surface area contributed by atoms with Gasteiger partial charge in [-0.3, -0.25) is 28.5 Å². The van der Waals surface area contributed by atoms with Crippen molar-refractivity contribution in [2.75, 3.05) is 26.2 Å². The summed E-state index contributed by atoms with van der Waals surface area (Å²) in [5.74, 6) is 1.71. The van der Waals surface area contributed by atoms with Crippen LogP contribution in [0.15, 0.2) is 33.9 Å². The highest BCUT2D eigenvalue weighted by Gasteiger charge is 2.30. The van der Waals surface area contributed by atoms with Crippen molar-refractivity contribution in [3.63, 3.8) is 0 Å². The summed E-state index contributed by atoms with van der Waals surface area (Å²) in [6, 6.07) is 5.52. The Bertz CT molecular complexity index is 1840. The number of piperidine rings is 2. The van der Waals surface area contributed by atoms with Crippen molar-refractivity contribution >= 4 is 45.0 Å². The van der Waals surface area contributed by atoms with Crippen LogP contribution in [0.3, 0.4) is 0 Å². The Hall–Kier alpha value is -2.92. The quantitative estimate of drug-likeness (QED) is 0.160. The van der Waals surface area contributed by atoms with E-state index in [1.807, 2.05) is 13.8 Å². The highest BCUT2D eigenvalue weighted by atomic mass is 35.5. The number of nitrogens with zero attached hydrogens (tertiary/aromatic N) is 6. The van der Waals surface area contributed by atoms with E-state index in [0.29, 0.717) is 46.7 Å². The van der Waals surface area contributed by atoms with Crippen LogP contribution in [0.25, 0.3) is 21.8 Å². The van der Waals surface area contributed by atoms with Crippen molar-refractivity contribution in [1.82, 2.24) is 28.9 Å². The molecule has 284 valence electrons. The van der Waals surface area contributed by atoms with Gasteiger partial charge in [0.1, 0.15) is 23.3 Å². The van der Waals surface area contributed by atoms with Crippen molar-refractivity contribution in [3.05, 3.63) is 78.3 Å². The Morgan fingerprint density at radius 3 is 1.40 bits per heavy atom. The van der Waals surface area contributed by atoms with Crippen LogP contribution in [0, 0.1) is 23.5 Å². The Morgan fingerprint density at radius 1 is 0.692 bits per heavy atom. The Balaban J connectivity index is 0.000000201. The molecule has 0 spiro atoms. The lowest BCUT2D eigenvalue weighted by atomic mass is 9.97. The van der Waals surface area contributed by atoms with Gasteiger partial charge < -0.3 is 0 Å². The zero-order valence-corrected chi connectivity index (χ0v) is 33.0. The Labute approximate surface area is 316 Å². The minimum absolute atomic E-state index is 0.0400. The first-order valence-electron chi connectivity index (χ1n) is 19.2. The van der Waals surface area contributed by atoms with E-state index in [-0.39, 0.29) is 33.2 Å². The average molecular weight is 760 g/mol. The molecule has 0 bridgehead atoms. The van der Waals surface area contributed by atoms with Gasteiger partial charge in [-0.05, 0) is 89.4 Å². The largest absolute Gasteiger partial charge is 0.295 e. The second kappa shape index (κ2) is 17.9. The second-order valence-corrected chi connectivity index (χ2v) is 15.5. The fourth-order valence-electron chi connectivity index (χ4n) is 8.10. The van der Waals surface area contributed by atoms with Crippen LogP contribution in [0.2, 0.25) is 10.0 Å². The van der Waals surface area contributed by atoms with Crippen molar-refractivity contribution < 1.29 is 8.78 Å². The lowest BCUT2D eigenvalue weighted by Crippen LogP contribution is -2.40. The van der Waals surface area contributed by atoms with E-state index in [2.05, 4.69) is 37.5 Å². The van der Waals surface area contributed by atoms with E-state index in [4.69, 9.17) is 33.2 Å². The van der Waals surface area contributed by atoms with Gasteiger partial charge in [-0.25, -0.2) is 18.7 Å². The smallest absolute Gasteiger partial charge is 0.261 e. The van der Waals surface area contributed by atoms with E-state index in [9.17, 15) is 18.4 Å². The number of benzene rings is 2. The summed E-state index contributed by atoms with van der Waals surface area (Å²) in [5.41, 5.74) is 0.506. The molecule has 2 aliphatic heterocycles. The van der Waals surface area contributed by atoms with Crippen LogP contribution in [0.5, 0.6) is 0 Å². The van der Waals surface area contributed by atoms with Crippen LogP contribution >= 0.6 is 23.2 Å². The van der Waals surface area contributed by atoms with Crippen molar-refractivity contribution in [1.29, 1.82) is 0 Å². The van der Waals surface area contributed by atoms with Crippen molar-refractivity contribution in [2.24, 2.45) is 11.8 Å². The molecule has 2 aromatic heterocycles. The molecule has 0 aliphatic carbocycles. The maximum Gasteiger partial charge on any atom is 0.261 e. The first-order valence-corrected chi connectivity index (χ1v) is 19.9. The fraction of sp³-hybridized carbons (Fsp3) is 0.600. The van der Waals surface area contributed by atoms with Crippen LogP contribution in [0.1, 0.15) is 117 Å². The van der Waals surface area contributed by atoms with Crippen LogP contribution in [-0.4, -0.2) is 55.1 Å². The van der Waals surface area contributed by atoms with Crippen LogP contribution in [-0.2, 0) is 13.1 Å². The summed E-state index contributed by atoms with van der Waals surface area (Å²) in [6.07, 6.45) is 8.67. The van der Waals surface area contributed by atoms with Gasteiger partial charge in [0.25, 0.3) is 11.1 Å². The van der Waals surface area contributed by atoms with Gasteiger partial charge in [0.2, 0.25) is 0 Å². The molecule has 6 rings (SSSR count). The normalized spacial score (nSPS) is 19.8. The highest BCUT2D eigenvalue weighted by Crippen LogP contribution is 2.32. The summed E-state index contributed by atoms with van der Waals surface area (Å²) in [4.78, 5) is 40.4. The number of likely N-dealkylation sites (tertiary alicyclic amines) is 2. The zero-order chi connectivity index (χ0) is 37.7. The molecular weight excluding hydrogens is 705 g/mol.